The van der Waals surface area contributed by atoms with Crippen molar-refractivity contribution in [1.82, 2.24) is 9.97 Å². The summed E-state index contributed by atoms with van der Waals surface area (Å²) in [5, 5.41) is 2.98. The Morgan fingerprint density at radius 1 is 1.13 bits per heavy atom. The van der Waals surface area contributed by atoms with Gasteiger partial charge in [0.15, 0.2) is 0 Å². The molecular formula is C25H29N3O3. The van der Waals surface area contributed by atoms with Gasteiger partial charge in [-0.25, -0.2) is 4.98 Å². The van der Waals surface area contributed by atoms with Crippen molar-refractivity contribution < 1.29 is 9.53 Å². The molecule has 0 aliphatic carbocycles. The maximum absolute atomic E-state index is 13.1. The lowest BCUT2D eigenvalue weighted by atomic mass is 9.83. The number of carbonyl (C=O) groups is 1. The smallest absolute Gasteiger partial charge is 0.251 e. The number of hydrogen-bond donors (Lipinski definition) is 2. The summed E-state index contributed by atoms with van der Waals surface area (Å²) in [6, 6.07) is 16.4. The molecule has 2 N–H and O–H groups in total. The van der Waals surface area contributed by atoms with Gasteiger partial charge in [0, 0.05) is 23.0 Å². The standard InChI is InChI=1S/C25H29N3O3/c1-16(2)15-31-21-11-9-19(10-12-21)25(4,5)24(30)27-20-8-6-7-18(14-20)23-26-17(3)13-22(29)28-23/h6-14,16H,15H2,1-5H3,(H,27,30)(H,26,28,29). The average molecular weight is 420 g/mol. The number of nitrogens with zero attached hydrogens (tertiary/aromatic N) is 1. The number of aryl methyl sites for hydroxylation is 1. The molecule has 0 unspecified atom stereocenters. The quantitative estimate of drug-likeness (QED) is 0.582. The normalized spacial score (nSPS) is 11.4. The number of amides is 1. The third-order valence-electron chi connectivity index (χ3n) is 4.99. The van der Waals surface area contributed by atoms with Crippen LogP contribution in [0, 0.1) is 12.8 Å². The molecule has 1 amide bonds. The maximum Gasteiger partial charge on any atom is 0.251 e. The first kappa shape index (κ1) is 22.3. The van der Waals surface area contributed by atoms with Crippen molar-refractivity contribution >= 4 is 11.6 Å². The maximum atomic E-state index is 13.1. The average Bonchev–Trinajstić information content (AvgIpc) is 2.72. The monoisotopic (exact) mass is 419 g/mol. The van der Waals surface area contributed by atoms with Gasteiger partial charge in [-0.1, -0.05) is 38.1 Å². The summed E-state index contributed by atoms with van der Waals surface area (Å²) >= 11 is 0. The molecule has 162 valence electrons. The highest BCUT2D eigenvalue weighted by Crippen LogP contribution is 2.28. The third-order valence-corrected chi connectivity index (χ3v) is 4.99. The van der Waals surface area contributed by atoms with Crippen molar-refractivity contribution in [3.63, 3.8) is 0 Å². The Balaban J connectivity index is 1.76. The fourth-order valence-electron chi connectivity index (χ4n) is 3.11. The van der Waals surface area contributed by atoms with Crippen LogP contribution in [-0.4, -0.2) is 22.5 Å². The second-order valence-corrected chi connectivity index (χ2v) is 8.62. The van der Waals surface area contributed by atoms with Crippen molar-refractivity contribution in [2.24, 2.45) is 5.92 Å². The SMILES string of the molecule is Cc1cc(=O)[nH]c(-c2cccc(NC(=O)C(C)(C)c3ccc(OCC(C)C)cc3)c2)n1. The van der Waals surface area contributed by atoms with E-state index >= 15 is 0 Å². The van der Waals surface area contributed by atoms with Crippen LogP contribution in [-0.2, 0) is 10.2 Å². The second kappa shape index (κ2) is 9.16. The summed E-state index contributed by atoms with van der Waals surface area (Å²) in [7, 11) is 0. The van der Waals surface area contributed by atoms with Gasteiger partial charge >= 0.3 is 0 Å². The van der Waals surface area contributed by atoms with E-state index < -0.39 is 5.41 Å². The summed E-state index contributed by atoms with van der Waals surface area (Å²) < 4.78 is 5.73. The number of benzene rings is 2. The van der Waals surface area contributed by atoms with E-state index in [0.717, 1.165) is 16.9 Å². The van der Waals surface area contributed by atoms with Crippen LogP contribution >= 0.6 is 0 Å². The third kappa shape index (κ3) is 5.60. The van der Waals surface area contributed by atoms with E-state index in [-0.39, 0.29) is 11.5 Å². The van der Waals surface area contributed by atoms with Crippen molar-refractivity contribution in [3.8, 4) is 17.1 Å². The van der Waals surface area contributed by atoms with E-state index in [0.29, 0.717) is 29.7 Å². The molecule has 6 heteroatoms. The van der Waals surface area contributed by atoms with E-state index in [2.05, 4.69) is 29.1 Å². The summed E-state index contributed by atoms with van der Waals surface area (Å²) in [4.78, 5) is 31.9. The number of aromatic amines is 1. The largest absolute Gasteiger partial charge is 0.493 e. The summed E-state index contributed by atoms with van der Waals surface area (Å²) in [6.45, 7) is 10.4. The lowest BCUT2D eigenvalue weighted by Crippen LogP contribution is -2.34. The first-order chi connectivity index (χ1) is 14.6. The van der Waals surface area contributed by atoms with E-state index in [1.807, 2.05) is 56.3 Å². The van der Waals surface area contributed by atoms with Crippen molar-refractivity contribution in [1.29, 1.82) is 0 Å². The highest BCUT2D eigenvalue weighted by molar-refractivity contribution is 5.98. The molecule has 1 aromatic heterocycles. The van der Waals surface area contributed by atoms with Crippen LogP contribution in [0.25, 0.3) is 11.4 Å². The Hall–Kier alpha value is -3.41. The number of rotatable bonds is 7. The Morgan fingerprint density at radius 3 is 2.48 bits per heavy atom. The van der Waals surface area contributed by atoms with Crippen LogP contribution in [0.2, 0.25) is 0 Å². The van der Waals surface area contributed by atoms with Gasteiger partial charge in [-0.05, 0) is 56.5 Å². The molecule has 0 atom stereocenters. The molecule has 0 fully saturated rings. The summed E-state index contributed by atoms with van der Waals surface area (Å²) in [5.41, 5.74) is 1.93. The molecule has 0 saturated heterocycles. The van der Waals surface area contributed by atoms with Crippen molar-refractivity contribution in [2.75, 3.05) is 11.9 Å². The minimum absolute atomic E-state index is 0.133. The topological polar surface area (TPSA) is 84.1 Å². The molecule has 0 saturated carbocycles. The van der Waals surface area contributed by atoms with Crippen LogP contribution in [0.1, 0.15) is 39.0 Å². The molecule has 0 aliphatic rings. The second-order valence-electron chi connectivity index (χ2n) is 8.62. The van der Waals surface area contributed by atoms with E-state index in [9.17, 15) is 9.59 Å². The zero-order chi connectivity index (χ0) is 22.6. The minimum Gasteiger partial charge on any atom is -0.493 e. The van der Waals surface area contributed by atoms with Crippen LogP contribution in [0.4, 0.5) is 5.69 Å². The molecule has 0 spiro atoms. The summed E-state index contributed by atoms with van der Waals surface area (Å²) in [6.07, 6.45) is 0. The number of nitrogens with one attached hydrogen (secondary N) is 2. The van der Waals surface area contributed by atoms with Gasteiger partial charge in [-0.3, -0.25) is 9.59 Å². The fourth-order valence-corrected chi connectivity index (χ4v) is 3.11. The highest BCUT2D eigenvalue weighted by atomic mass is 16.5. The van der Waals surface area contributed by atoms with E-state index in [4.69, 9.17) is 4.74 Å². The summed E-state index contributed by atoms with van der Waals surface area (Å²) in [5.74, 6) is 1.58. The molecule has 0 aliphatic heterocycles. The van der Waals surface area contributed by atoms with E-state index in [1.54, 1.807) is 13.0 Å². The van der Waals surface area contributed by atoms with Crippen LogP contribution in [0.5, 0.6) is 5.75 Å². The predicted octanol–water partition coefficient (Wildman–Crippen LogP) is 4.70. The number of ether oxygens (including phenoxy) is 1. The van der Waals surface area contributed by atoms with Crippen LogP contribution in [0.15, 0.2) is 59.4 Å². The zero-order valence-electron chi connectivity index (χ0n) is 18.7. The molecule has 6 nitrogen and oxygen atoms in total. The van der Waals surface area contributed by atoms with E-state index in [1.165, 1.54) is 6.07 Å². The molecule has 2 aromatic carbocycles. The number of anilines is 1. The fraction of sp³-hybridized carbons (Fsp3) is 0.320. The number of carbonyl (C=O) groups excluding carboxylic acids is 1. The van der Waals surface area contributed by atoms with Gasteiger partial charge in [0.1, 0.15) is 11.6 Å². The molecule has 31 heavy (non-hydrogen) atoms. The molecule has 3 rings (SSSR count). The number of aromatic nitrogens is 2. The van der Waals surface area contributed by atoms with Crippen molar-refractivity contribution in [2.45, 2.75) is 40.0 Å². The Labute approximate surface area is 182 Å². The Bertz CT molecular complexity index is 1120. The lowest BCUT2D eigenvalue weighted by molar-refractivity contribution is -0.120. The van der Waals surface area contributed by atoms with Crippen molar-refractivity contribution in [3.05, 3.63) is 76.2 Å². The molecule has 1 heterocycles. The molecule has 0 radical (unpaired) electrons. The zero-order valence-corrected chi connectivity index (χ0v) is 18.7. The van der Waals surface area contributed by atoms with Gasteiger partial charge in [-0.2, -0.15) is 0 Å². The van der Waals surface area contributed by atoms with Gasteiger partial charge in [0.25, 0.3) is 5.56 Å². The lowest BCUT2D eigenvalue weighted by Gasteiger charge is -2.24. The first-order valence-electron chi connectivity index (χ1n) is 10.4. The Kier molecular flexibility index (Phi) is 6.59. The number of H-pyrrole nitrogens is 1. The predicted molar refractivity (Wildman–Crippen MR) is 123 cm³/mol. The van der Waals surface area contributed by atoms with Gasteiger partial charge < -0.3 is 15.0 Å². The van der Waals surface area contributed by atoms with Gasteiger partial charge in [0.05, 0.1) is 12.0 Å². The first-order valence-corrected chi connectivity index (χ1v) is 10.4. The Morgan fingerprint density at radius 2 is 1.84 bits per heavy atom. The van der Waals surface area contributed by atoms with Gasteiger partial charge in [0.2, 0.25) is 5.91 Å². The minimum atomic E-state index is -0.748. The van der Waals surface area contributed by atoms with Crippen LogP contribution < -0.4 is 15.6 Å². The number of hydrogen-bond acceptors (Lipinski definition) is 4. The molecule has 0 bridgehead atoms. The molecule has 3 aromatic rings. The van der Waals surface area contributed by atoms with Crippen LogP contribution in [0.3, 0.4) is 0 Å². The molecular weight excluding hydrogens is 390 g/mol. The van der Waals surface area contributed by atoms with Gasteiger partial charge in [-0.15, -0.1) is 0 Å². The highest BCUT2D eigenvalue weighted by Gasteiger charge is 2.30.